The van der Waals surface area contributed by atoms with Crippen molar-refractivity contribution in [3.63, 3.8) is 0 Å². The molecule has 1 atom stereocenters. The van der Waals surface area contributed by atoms with Crippen LogP contribution in [0.5, 0.6) is 5.75 Å². The van der Waals surface area contributed by atoms with Crippen LogP contribution >= 0.6 is 8.25 Å². The highest BCUT2D eigenvalue weighted by Gasteiger charge is 2.31. The SMILES string of the molecule is CCCCNC(=O)NS(=O)(=O)c1c(O[P+](=O)O)ccc(CC)c1CC. The van der Waals surface area contributed by atoms with Crippen LogP contribution in [0.25, 0.3) is 0 Å². The standard InChI is InChI=1S/C15H23N2O6PS/c1-4-7-10-16-15(18)17-25(21,22)14-12(6-3)11(5-2)8-9-13(14)23-24(19)20/h8-9H,4-7,10H2,1-3H3,(H2-,16,17,18,19,20)/p+1. The molecular formula is C15H24N2O6PS+. The van der Waals surface area contributed by atoms with Gasteiger partial charge in [0.05, 0.1) is 0 Å². The van der Waals surface area contributed by atoms with Gasteiger partial charge in [0.15, 0.2) is 0 Å². The molecule has 0 saturated carbocycles. The van der Waals surface area contributed by atoms with Gasteiger partial charge in [0, 0.05) is 11.1 Å². The molecule has 3 N–H and O–H groups in total. The maximum Gasteiger partial charge on any atom is 0.747 e. The van der Waals surface area contributed by atoms with Gasteiger partial charge >= 0.3 is 14.3 Å². The highest BCUT2D eigenvalue weighted by molar-refractivity contribution is 7.90. The van der Waals surface area contributed by atoms with Gasteiger partial charge in [-0.15, -0.1) is 4.89 Å². The molecule has 0 aliphatic carbocycles. The first-order valence-corrected chi connectivity index (χ1v) is 10.7. The van der Waals surface area contributed by atoms with Crippen molar-refractivity contribution in [1.82, 2.24) is 10.0 Å². The smallest absolute Gasteiger partial charge is 0.337 e. The van der Waals surface area contributed by atoms with Crippen LogP contribution in [-0.2, 0) is 27.4 Å². The van der Waals surface area contributed by atoms with Crippen molar-refractivity contribution in [2.45, 2.75) is 51.3 Å². The van der Waals surface area contributed by atoms with Crippen LogP contribution in [0.3, 0.4) is 0 Å². The Bertz CT molecular complexity index is 736. The van der Waals surface area contributed by atoms with Gasteiger partial charge in [-0.25, -0.2) is 22.5 Å². The van der Waals surface area contributed by atoms with E-state index in [4.69, 9.17) is 9.42 Å². The molecule has 0 bridgehead atoms. The first-order valence-electron chi connectivity index (χ1n) is 8.06. The molecule has 1 unspecified atom stereocenters. The molecule has 0 radical (unpaired) electrons. The van der Waals surface area contributed by atoms with E-state index in [0.29, 0.717) is 24.9 Å². The van der Waals surface area contributed by atoms with Crippen molar-refractivity contribution < 1.29 is 27.2 Å². The maximum atomic E-state index is 12.7. The molecule has 1 aromatic carbocycles. The molecule has 2 amide bonds. The van der Waals surface area contributed by atoms with Crippen LogP contribution in [-0.4, -0.2) is 25.9 Å². The van der Waals surface area contributed by atoms with E-state index in [1.807, 2.05) is 18.6 Å². The average molecular weight is 391 g/mol. The van der Waals surface area contributed by atoms with Crippen LogP contribution in [0.1, 0.15) is 44.7 Å². The molecule has 0 aliphatic rings. The fourth-order valence-electron chi connectivity index (χ4n) is 2.40. The number of sulfonamides is 1. The van der Waals surface area contributed by atoms with Crippen LogP contribution in [0.15, 0.2) is 17.0 Å². The van der Waals surface area contributed by atoms with Gasteiger partial charge in [0.1, 0.15) is 4.90 Å². The van der Waals surface area contributed by atoms with Crippen molar-refractivity contribution in [3.05, 3.63) is 23.3 Å². The van der Waals surface area contributed by atoms with E-state index in [9.17, 15) is 17.8 Å². The lowest BCUT2D eigenvalue weighted by Crippen LogP contribution is -2.40. The summed E-state index contributed by atoms with van der Waals surface area (Å²) in [6.07, 6.45) is 2.50. The second-order valence-corrected chi connectivity index (χ2v) is 7.56. The first kappa shape index (κ1) is 21.3. The van der Waals surface area contributed by atoms with Crippen molar-refractivity contribution in [2.75, 3.05) is 6.54 Å². The Kier molecular flexibility index (Phi) is 8.28. The molecule has 1 rings (SSSR count). The van der Waals surface area contributed by atoms with Gasteiger partial charge in [-0.2, -0.15) is 0 Å². The Balaban J connectivity index is 3.30. The molecular weight excluding hydrogens is 367 g/mol. The number of unbranched alkanes of at least 4 members (excludes halogenated alkanes) is 1. The number of nitrogens with one attached hydrogen (secondary N) is 2. The Morgan fingerprint density at radius 1 is 1.24 bits per heavy atom. The predicted molar refractivity (Wildman–Crippen MR) is 94.3 cm³/mol. The van der Waals surface area contributed by atoms with E-state index in [1.54, 1.807) is 13.0 Å². The van der Waals surface area contributed by atoms with E-state index >= 15 is 0 Å². The van der Waals surface area contributed by atoms with Gasteiger partial charge in [-0.05, 0) is 36.5 Å². The molecule has 0 aromatic heterocycles. The van der Waals surface area contributed by atoms with Crippen molar-refractivity contribution in [3.8, 4) is 5.75 Å². The molecule has 8 nitrogen and oxygen atoms in total. The molecule has 0 spiro atoms. The normalized spacial score (nSPS) is 11.8. The van der Waals surface area contributed by atoms with Crippen molar-refractivity contribution >= 4 is 24.3 Å². The Morgan fingerprint density at radius 2 is 1.92 bits per heavy atom. The number of amides is 2. The summed E-state index contributed by atoms with van der Waals surface area (Å²) in [4.78, 5) is 20.6. The third-order valence-electron chi connectivity index (χ3n) is 3.54. The van der Waals surface area contributed by atoms with E-state index in [2.05, 4.69) is 5.32 Å². The number of rotatable bonds is 9. The zero-order chi connectivity index (χ0) is 19.0. The molecule has 1 aromatic rings. The average Bonchev–Trinajstić information content (AvgIpc) is 2.53. The summed E-state index contributed by atoms with van der Waals surface area (Å²) in [6.45, 7) is 5.92. The predicted octanol–water partition coefficient (Wildman–Crippen LogP) is 2.63. The second kappa shape index (κ2) is 9.70. The number of urea groups is 1. The number of hydrogen-bond donors (Lipinski definition) is 3. The van der Waals surface area contributed by atoms with E-state index < -0.39 is 24.3 Å². The summed E-state index contributed by atoms with van der Waals surface area (Å²) in [7, 11) is -7.32. The monoisotopic (exact) mass is 391 g/mol. The fourth-order valence-corrected chi connectivity index (χ4v) is 4.18. The maximum absolute atomic E-state index is 12.7. The molecule has 0 saturated heterocycles. The van der Waals surface area contributed by atoms with Gasteiger partial charge < -0.3 is 5.32 Å². The van der Waals surface area contributed by atoms with Crippen LogP contribution < -0.4 is 14.6 Å². The van der Waals surface area contributed by atoms with E-state index in [1.165, 1.54) is 6.07 Å². The summed E-state index contributed by atoms with van der Waals surface area (Å²) in [6, 6.07) is 2.12. The van der Waals surface area contributed by atoms with Crippen LogP contribution in [0.2, 0.25) is 0 Å². The van der Waals surface area contributed by atoms with Crippen molar-refractivity contribution in [2.24, 2.45) is 0 Å². The first-order chi connectivity index (χ1) is 11.8. The van der Waals surface area contributed by atoms with E-state index in [-0.39, 0.29) is 10.6 Å². The number of hydrogen-bond acceptors (Lipinski definition) is 5. The molecule has 140 valence electrons. The summed E-state index contributed by atoms with van der Waals surface area (Å²) in [5.74, 6) is -0.258. The topological polar surface area (TPSA) is 122 Å². The Morgan fingerprint density at radius 3 is 2.44 bits per heavy atom. The molecule has 0 fully saturated rings. The lowest BCUT2D eigenvalue weighted by Gasteiger charge is -2.15. The highest BCUT2D eigenvalue weighted by Crippen LogP contribution is 2.35. The number of carbonyl (C=O) groups excluding carboxylic acids is 1. The lowest BCUT2D eigenvalue weighted by molar-refractivity contribution is 0.245. The van der Waals surface area contributed by atoms with E-state index in [0.717, 1.165) is 18.4 Å². The Labute approximate surface area is 149 Å². The molecule has 0 aliphatic heterocycles. The lowest BCUT2D eigenvalue weighted by atomic mass is 10.0. The number of benzene rings is 1. The van der Waals surface area contributed by atoms with Gasteiger partial charge in [-0.3, -0.25) is 0 Å². The number of aryl methyl sites for hydroxylation is 1. The summed E-state index contributed by atoms with van der Waals surface area (Å²) in [5.41, 5.74) is 1.21. The fraction of sp³-hybridized carbons (Fsp3) is 0.533. The van der Waals surface area contributed by atoms with Gasteiger partial charge in [0.25, 0.3) is 10.0 Å². The summed E-state index contributed by atoms with van der Waals surface area (Å²) >= 11 is 0. The summed E-state index contributed by atoms with van der Waals surface area (Å²) in [5, 5.41) is 2.46. The highest BCUT2D eigenvalue weighted by atomic mass is 32.2. The summed E-state index contributed by atoms with van der Waals surface area (Å²) < 4.78 is 43.1. The second-order valence-electron chi connectivity index (χ2n) is 5.28. The van der Waals surface area contributed by atoms with Gasteiger partial charge in [0.2, 0.25) is 5.75 Å². The third-order valence-corrected chi connectivity index (χ3v) is 5.34. The molecule has 25 heavy (non-hydrogen) atoms. The quantitative estimate of drug-likeness (QED) is 0.439. The minimum absolute atomic E-state index is 0.258. The minimum atomic E-state index is -4.27. The Hall–Kier alpha value is -1.70. The zero-order valence-electron chi connectivity index (χ0n) is 14.5. The van der Waals surface area contributed by atoms with Crippen molar-refractivity contribution in [1.29, 1.82) is 0 Å². The molecule has 10 heteroatoms. The van der Waals surface area contributed by atoms with Crippen LogP contribution in [0.4, 0.5) is 4.79 Å². The third kappa shape index (κ3) is 5.95. The van der Waals surface area contributed by atoms with Gasteiger partial charge in [-0.1, -0.05) is 33.3 Å². The number of carbonyl (C=O) groups is 1. The largest absolute Gasteiger partial charge is 0.747 e. The zero-order valence-corrected chi connectivity index (χ0v) is 16.2. The minimum Gasteiger partial charge on any atom is -0.337 e. The van der Waals surface area contributed by atoms with Crippen LogP contribution in [0, 0.1) is 0 Å². The molecule has 0 heterocycles.